The maximum atomic E-state index is 13.5. The maximum absolute atomic E-state index is 13.5. The summed E-state index contributed by atoms with van der Waals surface area (Å²) in [5, 5.41) is 0. The van der Waals surface area contributed by atoms with E-state index >= 15 is 0 Å². The van der Waals surface area contributed by atoms with Gasteiger partial charge in [-0.05, 0) is 42.8 Å². The molecule has 2 aromatic rings. The minimum Gasteiger partial charge on any atom is -0.489 e. The Hall–Kier alpha value is -2.31. The molecule has 3 heteroatoms. The molecular weight excluding hydrogens is 253 g/mol. The fourth-order valence-electron chi connectivity index (χ4n) is 1.76. The van der Waals surface area contributed by atoms with Crippen molar-refractivity contribution < 1.29 is 9.13 Å². The van der Waals surface area contributed by atoms with Gasteiger partial charge in [-0.15, -0.1) is 0 Å². The van der Waals surface area contributed by atoms with Crippen LogP contribution in [0.3, 0.4) is 0 Å². The summed E-state index contributed by atoms with van der Waals surface area (Å²) >= 11 is 0. The first kappa shape index (κ1) is 14.1. The van der Waals surface area contributed by atoms with Gasteiger partial charge in [0.2, 0.25) is 0 Å². The molecule has 0 aliphatic heterocycles. The molecule has 0 aliphatic rings. The van der Waals surface area contributed by atoms with Gasteiger partial charge in [-0.2, -0.15) is 0 Å². The second-order valence-corrected chi connectivity index (χ2v) is 4.46. The minimum absolute atomic E-state index is 0.256. The normalized spacial score (nSPS) is 9.75. The molecule has 102 valence electrons. The van der Waals surface area contributed by atoms with Crippen molar-refractivity contribution in [3.63, 3.8) is 0 Å². The molecule has 2 nitrogen and oxygen atoms in total. The van der Waals surface area contributed by atoms with Crippen LogP contribution >= 0.6 is 0 Å². The summed E-state index contributed by atoms with van der Waals surface area (Å²) in [6.45, 7) is 2.57. The summed E-state index contributed by atoms with van der Waals surface area (Å²) in [6, 6.07) is 12.4. The van der Waals surface area contributed by atoms with E-state index < -0.39 is 0 Å². The molecule has 0 unspecified atom stereocenters. The monoisotopic (exact) mass is 269 g/mol. The molecule has 0 radical (unpaired) electrons. The zero-order valence-electron chi connectivity index (χ0n) is 11.3. The van der Waals surface area contributed by atoms with Crippen LogP contribution in [0.4, 0.5) is 4.39 Å². The molecule has 0 atom stereocenters. The van der Waals surface area contributed by atoms with Crippen LogP contribution in [0.15, 0.2) is 42.5 Å². The van der Waals surface area contributed by atoms with Crippen LogP contribution in [0, 0.1) is 24.6 Å². The average Bonchev–Trinajstić information content (AvgIpc) is 2.44. The zero-order valence-corrected chi connectivity index (χ0v) is 11.3. The van der Waals surface area contributed by atoms with Crippen molar-refractivity contribution in [2.24, 2.45) is 5.73 Å². The van der Waals surface area contributed by atoms with Gasteiger partial charge in [0.05, 0.1) is 6.54 Å². The van der Waals surface area contributed by atoms with Crippen molar-refractivity contribution >= 4 is 0 Å². The Labute approximate surface area is 118 Å². The van der Waals surface area contributed by atoms with Crippen molar-refractivity contribution in [3.05, 3.63) is 65.0 Å². The van der Waals surface area contributed by atoms with Crippen LogP contribution in [0.2, 0.25) is 0 Å². The van der Waals surface area contributed by atoms with Crippen LogP contribution in [0.5, 0.6) is 5.75 Å². The maximum Gasteiger partial charge on any atom is 0.124 e. The second kappa shape index (κ2) is 6.74. The predicted molar refractivity (Wildman–Crippen MR) is 77.8 cm³/mol. The van der Waals surface area contributed by atoms with E-state index in [1.54, 1.807) is 6.07 Å². The molecule has 2 rings (SSSR count). The van der Waals surface area contributed by atoms with Crippen LogP contribution in [0.1, 0.15) is 16.7 Å². The lowest BCUT2D eigenvalue weighted by Gasteiger charge is -2.07. The van der Waals surface area contributed by atoms with Crippen LogP contribution in [-0.4, -0.2) is 6.54 Å². The number of rotatable bonds is 3. The molecule has 2 N–H and O–H groups in total. The van der Waals surface area contributed by atoms with Gasteiger partial charge < -0.3 is 10.5 Å². The van der Waals surface area contributed by atoms with E-state index in [1.807, 2.05) is 31.2 Å². The summed E-state index contributed by atoms with van der Waals surface area (Å²) in [6.07, 6.45) is 0. The topological polar surface area (TPSA) is 35.2 Å². The van der Waals surface area contributed by atoms with Crippen molar-refractivity contribution in [1.82, 2.24) is 0 Å². The molecule has 0 saturated heterocycles. The number of benzene rings is 2. The quantitative estimate of drug-likeness (QED) is 0.869. The van der Waals surface area contributed by atoms with Crippen molar-refractivity contribution in [1.29, 1.82) is 0 Å². The van der Waals surface area contributed by atoms with Gasteiger partial charge in [0.1, 0.15) is 18.2 Å². The van der Waals surface area contributed by atoms with Crippen LogP contribution < -0.4 is 10.5 Å². The van der Waals surface area contributed by atoms with E-state index in [0.717, 1.165) is 11.3 Å². The van der Waals surface area contributed by atoms with Gasteiger partial charge in [0.15, 0.2) is 0 Å². The minimum atomic E-state index is -0.323. The fourth-order valence-corrected chi connectivity index (χ4v) is 1.76. The third kappa shape index (κ3) is 4.11. The Morgan fingerprint density at radius 2 is 1.90 bits per heavy atom. The van der Waals surface area contributed by atoms with Crippen LogP contribution in [0.25, 0.3) is 0 Å². The van der Waals surface area contributed by atoms with E-state index in [9.17, 15) is 4.39 Å². The fraction of sp³-hybridized carbons (Fsp3) is 0.176. The Kier molecular flexibility index (Phi) is 4.75. The molecule has 0 saturated carbocycles. The van der Waals surface area contributed by atoms with E-state index in [-0.39, 0.29) is 12.4 Å². The predicted octanol–water partition coefficient (Wildman–Crippen LogP) is 3.02. The van der Waals surface area contributed by atoms with Gasteiger partial charge in [0, 0.05) is 5.56 Å². The first-order valence-electron chi connectivity index (χ1n) is 6.35. The van der Waals surface area contributed by atoms with Gasteiger partial charge in [-0.3, -0.25) is 0 Å². The SMILES string of the molecule is Cc1ccc(OCc2cc(F)cc(C#CCN)c2)cc1. The summed E-state index contributed by atoms with van der Waals surface area (Å²) in [4.78, 5) is 0. The molecule has 0 aliphatic carbocycles. The van der Waals surface area contributed by atoms with Gasteiger partial charge in [0.25, 0.3) is 0 Å². The Balaban J connectivity index is 2.09. The van der Waals surface area contributed by atoms with E-state index in [0.29, 0.717) is 12.2 Å². The highest BCUT2D eigenvalue weighted by Gasteiger charge is 2.01. The molecule has 2 aromatic carbocycles. The second-order valence-electron chi connectivity index (χ2n) is 4.46. The third-order valence-electron chi connectivity index (χ3n) is 2.72. The van der Waals surface area contributed by atoms with Gasteiger partial charge in [-0.25, -0.2) is 4.39 Å². The Morgan fingerprint density at radius 3 is 2.60 bits per heavy atom. The number of hydrogen-bond donors (Lipinski definition) is 1. The van der Waals surface area contributed by atoms with Crippen molar-refractivity contribution in [2.45, 2.75) is 13.5 Å². The number of nitrogens with two attached hydrogens (primary N) is 1. The molecule has 0 amide bonds. The number of aryl methyl sites for hydroxylation is 1. The molecule has 0 spiro atoms. The highest BCUT2D eigenvalue weighted by molar-refractivity contribution is 5.38. The molecule has 0 fully saturated rings. The number of ether oxygens (including phenoxy) is 1. The van der Waals surface area contributed by atoms with Gasteiger partial charge >= 0.3 is 0 Å². The van der Waals surface area contributed by atoms with E-state index in [4.69, 9.17) is 10.5 Å². The van der Waals surface area contributed by atoms with E-state index in [1.165, 1.54) is 17.7 Å². The summed E-state index contributed by atoms with van der Waals surface area (Å²) in [5.74, 6) is 5.97. The molecule has 20 heavy (non-hydrogen) atoms. The van der Waals surface area contributed by atoms with Crippen LogP contribution in [-0.2, 0) is 6.61 Å². The summed E-state index contributed by atoms with van der Waals surface area (Å²) in [5.41, 5.74) is 7.83. The third-order valence-corrected chi connectivity index (χ3v) is 2.72. The first-order valence-corrected chi connectivity index (χ1v) is 6.35. The smallest absolute Gasteiger partial charge is 0.124 e. The summed E-state index contributed by atoms with van der Waals surface area (Å²) < 4.78 is 19.1. The molecule has 0 aromatic heterocycles. The standard InChI is InChI=1S/C17H16FNO/c1-13-4-6-17(7-5-13)20-12-15-9-14(3-2-8-19)10-16(18)11-15/h4-7,9-11H,8,12,19H2,1H3. The molecular formula is C17H16FNO. The Bertz CT molecular complexity index is 638. The lowest BCUT2D eigenvalue weighted by molar-refractivity contribution is 0.305. The lowest BCUT2D eigenvalue weighted by atomic mass is 10.1. The average molecular weight is 269 g/mol. The van der Waals surface area contributed by atoms with E-state index in [2.05, 4.69) is 11.8 Å². The number of halogens is 1. The highest BCUT2D eigenvalue weighted by atomic mass is 19.1. The largest absolute Gasteiger partial charge is 0.489 e. The summed E-state index contributed by atoms with van der Waals surface area (Å²) in [7, 11) is 0. The van der Waals surface area contributed by atoms with Crippen molar-refractivity contribution in [3.8, 4) is 17.6 Å². The molecule has 0 heterocycles. The Morgan fingerprint density at radius 1 is 1.15 bits per heavy atom. The highest BCUT2D eigenvalue weighted by Crippen LogP contribution is 2.15. The van der Waals surface area contributed by atoms with Gasteiger partial charge in [-0.1, -0.05) is 29.5 Å². The zero-order chi connectivity index (χ0) is 14.4. The molecule has 0 bridgehead atoms. The lowest BCUT2D eigenvalue weighted by Crippen LogP contribution is -1.97. The number of hydrogen-bond acceptors (Lipinski definition) is 2. The van der Waals surface area contributed by atoms with Crippen molar-refractivity contribution in [2.75, 3.05) is 6.54 Å². The first-order chi connectivity index (χ1) is 9.67.